The summed E-state index contributed by atoms with van der Waals surface area (Å²) in [6.45, 7) is 0. The molecule has 4 nitrogen and oxygen atoms in total. The van der Waals surface area contributed by atoms with E-state index in [1.165, 1.54) is 13.2 Å². The Morgan fingerprint density at radius 3 is 2.81 bits per heavy atom. The molecule has 1 aliphatic heterocycles. The number of fused-ring (bicyclic) bond motifs is 1. The van der Waals surface area contributed by atoms with Crippen LogP contribution in [0, 0.1) is 5.82 Å². The molecule has 2 atom stereocenters. The maximum Gasteiger partial charge on any atom is 0.165 e. The molecule has 0 aliphatic carbocycles. The van der Waals surface area contributed by atoms with E-state index >= 15 is 0 Å². The van der Waals surface area contributed by atoms with E-state index in [1.54, 1.807) is 12.1 Å². The van der Waals surface area contributed by atoms with Crippen molar-refractivity contribution in [2.24, 2.45) is 5.84 Å². The first-order chi connectivity index (χ1) is 10.2. The number of hydrazine groups is 1. The van der Waals surface area contributed by atoms with Crippen molar-refractivity contribution in [3.05, 3.63) is 59.4 Å². The fraction of sp³-hybridized carbons (Fsp3) is 0.250. The highest BCUT2D eigenvalue weighted by molar-refractivity contribution is 5.39. The van der Waals surface area contributed by atoms with E-state index in [2.05, 4.69) is 5.43 Å². The van der Waals surface area contributed by atoms with Crippen molar-refractivity contribution in [2.75, 3.05) is 7.11 Å². The second kappa shape index (κ2) is 5.71. The van der Waals surface area contributed by atoms with Crippen LogP contribution in [0.3, 0.4) is 0 Å². The van der Waals surface area contributed by atoms with E-state index in [9.17, 15) is 4.39 Å². The van der Waals surface area contributed by atoms with Crippen LogP contribution >= 0.6 is 0 Å². The van der Waals surface area contributed by atoms with E-state index in [0.717, 1.165) is 23.3 Å². The molecular weight excluding hydrogens is 271 g/mol. The molecule has 21 heavy (non-hydrogen) atoms. The summed E-state index contributed by atoms with van der Waals surface area (Å²) in [6, 6.07) is 12.4. The molecule has 1 heterocycles. The molecule has 0 bridgehead atoms. The second-order valence-corrected chi connectivity index (χ2v) is 5.01. The summed E-state index contributed by atoms with van der Waals surface area (Å²) in [5.74, 6) is 6.32. The van der Waals surface area contributed by atoms with Gasteiger partial charge in [-0.3, -0.25) is 5.84 Å². The van der Waals surface area contributed by atoms with Gasteiger partial charge in [0.25, 0.3) is 0 Å². The maximum absolute atomic E-state index is 13.9. The first-order valence-electron chi connectivity index (χ1n) is 6.77. The Kier molecular flexibility index (Phi) is 3.77. The number of halogens is 1. The van der Waals surface area contributed by atoms with Crippen molar-refractivity contribution in [1.29, 1.82) is 0 Å². The molecule has 0 fully saturated rings. The lowest BCUT2D eigenvalue weighted by Gasteiger charge is -2.23. The number of para-hydroxylation sites is 1. The summed E-state index contributed by atoms with van der Waals surface area (Å²) in [4.78, 5) is 0. The summed E-state index contributed by atoms with van der Waals surface area (Å²) < 4.78 is 24.7. The number of ether oxygens (including phenoxy) is 2. The average molecular weight is 288 g/mol. The van der Waals surface area contributed by atoms with Crippen LogP contribution in [-0.4, -0.2) is 13.2 Å². The molecule has 0 spiro atoms. The molecule has 2 unspecified atom stereocenters. The fourth-order valence-electron chi connectivity index (χ4n) is 2.69. The van der Waals surface area contributed by atoms with Gasteiger partial charge in [0, 0.05) is 6.42 Å². The van der Waals surface area contributed by atoms with Crippen LogP contribution in [0.25, 0.3) is 0 Å². The number of benzene rings is 2. The van der Waals surface area contributed by atoms with Crippen LogP contribution in [0.4, 0.5) is 4.39 Å². The van der Waals surface area contributed by atoms with Crippen LogP contribution in [0.2, 0.25) is 0 Å². The van der Waals surface area contributed by atoms with E-state index in [4.69, 9.17) is 15.3 Å². The third-order valence-electron chi connectivity index (χ3n) is 3.76. The lowest BCUT2D eigenvalue weighted by molar-refractivity contribution is 0.179. The minimum atomic E-state index is -0.411. The molecule has 5 heteroatoms. The molecule has 110 valence electrons. The SMILES string of the molecule is COc1ccc(C(NN)C2Cc3ccccc3O2)cc1F. The van der Waals surface area contributed by atoms with Crippen molar-refractivity contribution in [1.82, 2.24) is 5.43 Å². The normalized spacial score (nSPS) is 18.0. The number of nitrogens with two attached hydrogens (primary N) is 1. The van der Waals surface area contributed by atoms with E-state index in [-0.39, 0.29) is 17.9 Å². The Hall–Kier alpha value is -2.11. The third-order valence-corrected chi connectivity index (χ3v) is 3.76. The molecule has 1 aliphatic rings. The van der Waals surface area contributed by atoms with Crippen molar-refractivity contribution in [3.63, 3.8) is 0 Å². The average Bonchev–Trinajstić information content (AvgIpc) is 2.91. The lowest BCUT2D eigenvalue weighted by atomic mass is 9.98. The molecule has 0 saturated heterocycles. The molecule has 0 saturated carbocycles. The molecule has 0 radical (unpaired) electrons. The molecule has 0 amide bonds. The smallest absolute Gasteiger partial charge is 0.165 e. The Morgan fingerprint density at radius 2 is 2.14 bits per heavy atom. The van der Waals surface area contributed by atoms with Gasteiger partial charge in [-0.1, -0.05) is 24.3 Å². The fourth-order valence-corrected chi connectivity index (χ4v) is 2.69. The number of nitrogens with one attached hydrogen (secondary N) is 1. The third kappa shape index (κ3) is 2.57. The van der Waals surface area contributed by atoms with Crippen molar-refractivity contribution >= 4 is 0 Å². The number of hydrogen-bond donors (Lipinski definition) is 2. The summed E-state index contributed by atoms with van der Waals surface area (Å²) in [6.07, 6.45) is 0.568. The first-order valence-corrected chi connectivity index (χ1v) is 6.77. The highest BCUT2D eigenvalue weighted by Gasteiger charge is 2.31. The van der Waals surface area contributed by atoms with Gasteiger partial charge in [0.15, 0.2) is 11.6 Å². The standard InChI is InChI=1S/C16H17FN2O2/c1-20-14-7-6-11(8-12(14)17)16(19-18)15-9-10-4-2-3-5-13(10)21-15/h2-8,15-16,19H,9,18H2,1H3. The predicted octanol–water partition coefficient (Wildman–Crippen LogP) is 2.34. The van der Waals surface area contributed by atoms with Gasteiger partial charge in [0.05, 0.1) is 13.2 Å². The largest absolute Gasteiger partial charge is 0.494 e. The number of hydrogen-bond acceptors (Lipinski definition) is 4. The van der Waals surface area contributed by atoms with Gasteiger partial charge in [0.2, 0.25) is 0 Å². The zero-order valence-corrected chi connectivity index (χ0v) is 11.7. The highest BCUT2D eigenvalue weighted by atomic mass is 19.1. The van der Waals surface area contributed by atoms with Gasteiger partial charge in [-0.05, 0) is 29.3 Å². The Morgan fingerprint density at radius 1 is 1.33 bits per heavy atom. The Labute approximate surface area is 122 Å². The van der Waals surface area contributed by atoms with Gasteiger partial charge in [-0.2, -0.15) is 0 Å². The predicted molar refractivity (Wildman–Crippen MR) is 77.6 cm³/mol. The summed E-state index contributed by atoms with van der Waals surface area (Å²) >= 11 is 0. The second-order valence-electron chi connectivity index (χ2n) is 5.01. The molecule has 0 aromatic heterocycles. The molecule has 3 rings (SSSR count). The molecular formula is C16H17FN2O2. The monoisotopic (exact) mass is 288 g/mol. The topological polar surface area (TPSA) is 56.5 Å². The zero-order chi connectivity index (χ0) is 14.8. The Balaban J connectivity index is 1.85. The van der Waals surface area contributed by atoms with Crippen LogP contribution in [0.1, 0.15) is 17.2 Å². The van der Waals surface area contributed by atoms with E-state index < -0.39 is 5.82 Å². The summed E-state index contributed by atoms with van der Waals surface area (Å²) in [5.41, 5.74) is 4.59. The van der Waals surface area contributed by atoms with Gasteiger partial charge < -0.3 is 9.47 Å². The number of rotatable bonds is 4. The van der Waals surface area contributed by atoms with Crippen LogP contribution in [0.15, 0.2) is 42.5 Å². The van der Waals surface area contributed by atoms with Crippen molar-refractivity contribution in [3.8, 4) is 11.5 Å². The van der Waals surface area contributed by atoms with Crippen LogP contribution in [-0.2, 0) is 6.42 Å². The highest BCUT2D eigenvalue weighted by Crippen LogP contribution is 2.34. The van der Waals surface area contributed by atoms with Gasteiger partial charge in [-0.25, -0.2) is 9.82 Å². The summed E-state index contributed by atoms with van der Waals surface area (Å²) in [5, 5.41) is 0. The van der Waals surface area contributed by atoms with Gasteiger partial charge in [-0.15, -0.1) is 0 Å². The summed E-state index contributed by atoms with van der Waals surface area (Å²) in [7, 11) is 1.44. The minimum Gasteiger partial charge on any atom is -0.494 e. The molecule has 3 N–H and O–H groups in total. The minimum absolute atomic E-state index is 0.166. The maximum atomic E-state index is 13.9. The van der Waals surface area contributed by atoms with E-state index in [1.807, 2.05) is 24.3 Å². The van der Waals surface area contributed by atoms with Gasteiger partial charge in [0.1, 0.15) is 11.9 Å². The lowest BCUT2D eigenvalue weighted by Crippen LogP contribution is -2.38. The van der Waals surface area contributed by atoms with Gasteiger partial charge >= 0.3 is 0 Å². The molecule has 2 aromatic rings. The zero-order valence-electron chi connectivity index (χ0n) is 11.7. The first kappa shape index (κ1) is 13.9. The van der Waals surface area contributed by atoms with E-state index in [0.29, 0.717) is 0 Å². The van der Waals surface area contributed by atoms with Crippen molar-refractivity contribution in [2.45, 2.75) is 18.6 Å². The molecule has 2 aromatic carbocycles. The van der Waals surface area contributed by atoms with Crippen LogP contribution < -0.4 is 20.7 Å². The number of methoxy groups -OCH3 is 1. The quantitative estimate of drug-likeness (QED) is 0.670. The van der Waals surface area contributed by atoms with Crippen molar-refractivity contribution < 1.29 is 13.9 Å². The van der Waals surface area contributed by atoms with Crippen LogP contribution in [0.5, 0.6) is 11.5 Å². The Bertz CT molecular complexity index is 623.